The van der Waals surface area contributed by atoms with Crippen LogP contribution in [0.1, 0.15) is 23.7 Å². The standard InChI is InChI=1S/C12H15FN2O3/c1-3-9(14)11(16)15-10-6-7(13)4-5-8(10)12(17)18-2/h4-6,9H,3,14H2,1-2H3,(H,15,16)/t9-/m1/s1. The minimum Gasteiger partial charge on any atom is -0.465 e. The summed E-state index contributed by atoms with van der Waals surface area (Å²) in [7, 11) is 1.20. The van der Waals surface area contributed by atoms with E-state index in [-0.39, 0.29) is 11.3 Å². The fourth-order valence-electron chi connectivity index (χ4n) is 1.32. The Morgan fingerprint density at radius 3 is 2.72 bits per heavy atom. The fourth-order valence-corrected chi connectivity index (χ4v) is 1.32. The van der Waals surface area contributed by atoms with E-state index in [9.17, 15) is 14.0 Å². The Bertz CT molecular complexity index is 463. The van der Waals surface area contributed by atoms with Gasteiger partial charge < -0.3 is 15.8 Å². The number of amides is 1. The van der Waals surface area contributed by atoms with Gasteiger partial charge in [-0.3, -0.25) is 4.79 Å². The zero-order valence-electron chi connectivity index (χ0n) is 10.2. The number of carbonyl (C=O) groups excluding carboxylic acids is 2. The number of hydrogen-bond acceptors (Lipinski definition) is 4. The molecule has 1 rings (SSSR count). The Hall–Kier alpha value is -1.95. The van der Waals surface area contributed by atoms with Gasteiger partial charge in [-0.2, -0.15) is 0 Å². The highest BCUT2D eigenvalue weighted by Gasteiger charge is 2.17. The Kier molecular flexibility index (Phi) is 4.79. The van der Waals surface area contributed by atoms with Crippen molar-refractivity contribution in [2.75, 3.05) is 12.4 Å². The molecule has 0 aliphatic heterocycles. The molecule has 0 saturated heterocycles. The van der Waals surface area contributed by atoms with Crippen molar-refractivity contribution in [1.29, 1.82) is 0 Å². The summed E-state index contributed by atoms with van der Waals surface area (Å²) in [5, 5.41) is 2.41. The Morgan fingerprint density at radius 1 is 1.50 bits per heavy atom. The van der Waals surface area contributed by atoms with Gasteiger partial charge in [-0.15, -0.1) is 0 Å². The van der Waals surface area contributed by atoms with E-state index in [1.807, 2.05) is 0 Å². The third kappa shape index (κ3) is 3.27. The zero-order chi connectivity index (χ0) is 13.7. The smallest absolute Gasteiger partial charge is 0.339 e. The van der Waals surface area contributed by atoms with Crippen LogP contribution < -0.4 is 11.1 Å². The average Bonchev–Trinajstić information content (AvgIpc) is 2.37. The second-order valence-corrected chi connectivity index (χ2v) is 3.69. The van der Waals surface area contributed by atoms with Gasteiger partial charge in [0.15, 0.2) is 0 Å². The van der Waals surface area contributed by atoms with Gasteiger partial charge in [0, 0.05) is 0 Å². The minimum absolute atomic E-state index is 0.0516. The van der Waals surface area contributed by atoms with Crippen molar-refractivity contribution in [1.82, 2.24) is 0 Å². The number of nitrogens with two attached hydrogens (primary N) is 1. The zero-order valence-corrected chi connectivity index (χ0v) is 10.2. The number of nitrogens with one attached hydrogen (secondary N) is 1. The Balaban J connectivity index is 3.03. The number of hydrogen-bond donors (Lipinski definition) is 2. The van der Waals surface area contributed by atoms with Crippen molar-refractivity contribution in [2.24, 2.45) is 5.73 Å². The van der Waals surface area contributed by atoms with Crippen molar-refractivity contribution in [3.8, 4) is 0 Å². The summed E-state index contributed by atoms with van der Waals surface area (Å²) >= 11 is 0. The van der Waals surface area contributed by atoms with Crippen LogP contribution in [0.5, 0.6) is 0 Å². The molecule has 98 valence electrons. The van der Waals surface area contributed by atoms with Crippen LogP contribution >= 0.6 is 0 Å². The molecule has 0 saturated carbocycles. The normalized spacial score (nSPS) is 11.8. The molecule has 0 spiro atoms. The van der Waals surface area contributed by atoms with Crippen molar-refractivity contribution in [3.05, 3.63) is 29.6 Å². The molecule has 5 nitrogen and oxygen atoms in total. The molecule has 1 atom stereocenters. The number of rotatable bonds is 4. The first kappa shape index (κ1) is 14.1. The van der Waals surface area contributed by atoms with E-state index < -0.39 is 23.7 Å². The van der Waals surface area contributed by atoms with E-state index in [4.69, 9.17) is 5.73 Å². The summed E-state index contributed by atoms with van der Waals surface area (Å²) in [6.45, 7) is 1.75. The molecular weight excluding hydrogens is 239 g/mol. The number of methoxy groups -OCH3 is 1. The van der Waals surface area contributed by atoms with Gasteiger partial charge in [0.2, 0.25) is 5.91 Å². The van der Waals surface area contributed by atoms with Crippen LogP contribution in [-0.2, 0) is 9.53 Å². The lowest BCUT2D eigenvalue weighted by molar-refractivity contribution is -0.117. The highest BCUT2D eigenvalue weighted by atomic mass is 19.1. The third-order valence-electron chi connectivity index (χ3n) is 2.42. The summed E-state index contributed by atoms with van der Waals surface area (Å²) in [5.41, 5.74) is 5.67. The van der Waals surface area contributed by atoms with E-state index in [2.05, 4.69) is 10.1 Å². The Labute approximate surface area is 104 Å². The lowest BCUT2D eigenvalue weighted by atomic mass is 10.1. The molecule has 0 aliphatic carbocycles. The number of anilines is 1. The maximum Gasteiger partial charge on any atom is 0.339 e. The summed E-state index contributed by atoms with van der Waals surface area (Å²) in [4.78, 5) is 23.0. The third-order valence-corrected chi connectivity index (χ3v) is 2.42. The van der Waals surface area contributed by atoms with E-state index >= 15 is 0 Å². The molecule has 0 aromatic heterocycles. The quantitative estimate of drug-likeness (QED) is 0.793. The SMILES string of the molecule is CC[C@@H](N)C(=O)Nc1cc(F)ccc1C(=O)OC. The van der Waals surface area contributed by atoms with Crippen LogP contribution in [-0.4, -0.2) is 25.0 Å². The minimum atomic E-state index is -0.709. The number of halogens is 1. The van der Waals surface area contributed by atoms with Crippen LogP contribution in [0, 0.1) is 5.82 Å². The molecule has 0 aliphatic rings. The predicted octanol–water partition coefficient (Wildman–Crippen LogP) is 1.29. The van der Waals surface area contributed by atoms with Gasteiger partial charge in [-0.1, -0.05) is 6.92 Å². The molecule has 1 aromatic rings. The maximum absolute atomic E-state index is 13.1. The second kappa shape index (κ2) is 6.11. The lowest BCUT2D eigenvalue weighted by Gasteiger charge is -2.12. The van der Waals surface area contributed by atoms with Gasteiger partial charge in [0.1, 0.15) is 5.82 Å². The highest BCUT2D eigenvalue weighted by molar-refractivity contribution is 6.02. The van der Waals surface area contributed by atoms with Crippen molar-refractivity contribution >= 4 is 17.6 Å². The van der Waals surface area contributed by atoms with Crippen LogP contribution in [0.2, 0.25) is 0 Å². The highest BCUT2D eigenvalue weighted by Crippen LogP contribution is 2.18. The van der Waals surface area contributed by atoms with E-state index in [1.165, 1.54) is 13.2 Å². The van der Waals surface area contributed by atoms with Gasteiger partial charge in [0.25, 0.3) is 0 Å². The maximum atomic E-state index is 13.1. The molecule has 0 heterocycles. The van der Waals surface area contributed by atoms with Crippen molar-refractivity contribution in [2.45, 2.75) is 19.4 Å². The predicted molar refractivity (Wildman–Crippen MR) is 64.6 cm³/mol. The molecule has 0 unspecified atom stereocenters. The number of esters is 1. The summed E-state index contributed by atoms with van der Waals surface area (Å²) in [6.07, 6.45) is 0.439. The molecular formula is C12H15FN2O3. The molecule has 0 bridgehead atoms. The van der Waals surface area contributed by atoms with Crippen LogP contribution in [0.4, 0.5) is 10.1 Å². The van der Waals surface area contributed by atoms with E-state index in [0.29, 0.717) is 6.42 Å². The first-order valence-electron chi connectivity index (χ1n) is 5.44. The van der Waals surface area contributed by atoms with Gasteiger partial charge in [-0.05, 0) is 24.6 Å². The summed E-state index contributed by atoms with van der Waals surface area (Å²) < 4.78 is 17.7. The Morgan fingerprint density at radius 2 is 2.17 bits per heavy atom. The first-order valence-corrected chi connectivity index (χ1v) is 5.44. The molecule has 0 fully saturated rings. The van der Waals surface area contributed by atoms with E-state index in [0.717, 1.165) is 12.1 Å². The average molecular weight is 254 g/mol. The molecule has 0 radical (unpaired) electrons. The van der Waals surface area contributed by atoms with Gasteiger partial charge >= 0.3 is 5.97 Å². The van der Waals surface area contributed by atoms with Crippen molar-refractivity contribution < 1.29 is 18.7 Å². The molecule has 1 amide bonds. The van der Waals surface area contributed by atoms with Crippen LogP contribution in [0.15, 0.2) is 18.2 Å². The lowest BCUT2D eigenvalue weighted by Crippen LogP contribution is -2.35. The van der Waals surface area contributed by atoms with Gasteiger partial charge in [0.05, 0.1) is 24.4 Å². The number of carbonyl (C=O) groups is 2. The molecule has 1 aromatic carbocycles. The molecule has 3 N–H and O–H groups in total. The second-order valence-electron chi connectivity index (χ2n) is 3.69. The number of ether oxygens (including phenoxy) is 1. The molecule has 6 heteroatoms. The summed E-state index contributed by atoms with van der Waals surface area (Å²) in [6, 6.07) is 2.70. The first-order chi connectivity index (χ1) is 8.49. The number of benzene rings is 1. The van der Waals surface area contributed by atoms with Crippen molar-refractivity contribution in [3.63, 3.8) is 0 Å². The van der Waals surface area contributed by atoms with Crippen LogP contribution in [0.3, 0.4) is 0 Å². The van der Waals surface area contributed by atoms with E-state index in [1.54, 1.807) is 6.92 Å². The molecule has 18 heavy (non-hydrogen) atoms. The van der Waals surface area contributed by atoms with Gasteiger partial charge in [-0.25, -0.2) is 9.18 Å². The topological polar surface area (TPSA) is 81.4 Å². The van der Waals surface area contributed by atoms with Crippen LogP contribution in [0.25, 0.3) is 0 Å². The largest absolute Gasteiger partial charge is 0.465 e. The summed E-state index contributed by atoms with van der Waals surface area (Å²) in [5.74, 6) is -1.70. The fraction of sp³-hybridized carbons (Fsp3) is 0.333. The monoisotopic (exact) mass is 254 g/mol.